The molecule has 6 heteroatoms. The van der Waals surface area contributed by atoms with Crippen LogP contribution in [0.2, 0.25) is 0 Å². The zero-order valence-corrected chi connectivity index (χ0v) is 11.8. The summed E-state index contributed by atoms with van der Waals surface area (Å²) in [7, 11) is 1.79. The van der Waals surface area contributed by atoms with Gasteiger partial charge in [-0.2, -0.15) is 13.2 Å². The summed E-state index contributed by atoms with van der Waals surface area (Å²) in [6, 6.07) is 3.94. The molecule has 2 rings (SSSR count). The second kappa shape index (κ2) is 5.44. The van der Waals surface area contributed by atoms with E-state index in [0.29, 0.717) is 12.1 Å². The molecule has 2 aromatic rings. The fraction of sp³-hybridized carbons (Fsp3) is 0.500. The number of alkyl halides is 3. The zero-order valence-electron chi connectivity index (χ0n) is 11.8. The second-order valence-corrected chi connectivity index (χ2v) is 4.89. The monoisotopic (exact) mass is 285 g/mol. The molecule has 0 radical (unpaired) electrons. The lowest BCUT2D eigenvalue weighted by atomic mass is 10.2. The highest BCUT2D eigenvalue weighted by Gasteiger charge is 2.31. The number of rotatable bonds is 4. The minimum absolute atomic E-state index is 0.195. The molecule has 0 saturated heterocycles. The van der Waals surface area contributed by atoms with E-state index in [0.717, 1.165) is 29.9 Å². The lowest BCUT2D eigenvalue weighted by Crippen LogP contribution is -2.14. The van der Waals surface area contributed by atoms with Crippen molar-refractivity contribution in [3.63, 3.8) is 0 Å². The Balaban J connectivity index is 2.61. The number of imidazole rings is 1. The van der Waals surface area contributed by atoms with Crippen molar-refractivity contribution in [2.75, 3.05) is 7.05 Å². The number of fused-ring (bicyclic) bond motifs is 1. The quantitative estimate of drug-likeness (QED) is 0.927. The van der Waals surface area contributed by atoms with Crippen LogP contribution in [0.5, 0.6) is 0 Å². The molecular weight excluding hydrogens is 267 g/mol. The first-order valence-corrected chi connectivity index (χ1v) is 6.61. The number of nitrogens with zero attached hydrogens (tertiary/aromatic N) is 2. The smallest absolute Gasteiger partial charge is 0.324 e. The molecule has 0 aliphatic rings. The molecule has 1 atom stereocenters. The van der Waals surface area contributed by atoms with Gasteiger partial charge < -0.3 is 9.88 Å². The van der Waals surface area contributed by atoms with Gasteiger partial charge >= 0.3 is 6.18 Å². The van der Waals surface area contributed by atoms with E-state index in [1.165, 1.54) is 6.07 Å². The van der Waals surface area contributed by atoms with Gasteiger partial charge in [0.05, 0.1) is 23.1 Å². The molecular formula is C14H18F3N3. The molecule has 0 saturated carbocycles. The Morgan fingerprint density at radius 1 is 1.35 bits per heavy atom. The third kappa shape index (κ3) is 2.65. The van der Waals surface area contributed by atoms with E-state index < -0.39 is 11.7 Å². The van der Waals surface area contributed by atoms with Crippen LogP contribution in [0, 0.1) is 0 Å². The lowest BCUT2D eigenvalue weighted by Gasteiger charge is -2.16. The average molecular weight is 285 g/mol. The van der Waals surface area contributed by atoms with Crippen molar-refractivity contribution in [1.29, 1.82) is 0 Å². The predicted molar refractivity (Wildman–Crippen MR) is 72.5 cm³/mol. The van der Waals surface area contributed by atoms with Gasteiger partial charge in [-0.15, -0.1) is 0 Å². The molecule has 0 aliphatic carbocycles. The highest BCUT2D eigenvalue weighted by molar-refractivity contribution is 5.77. The molecule has 3 nitrogen and oxygen atoms in total. The van der Waals surface area contributed by atoms with Crippen LogP contribution in [0.15, 0.2) is 18.2 Å². The summed E-state index contributed by atoms with van der Waals surface area (Å²) in [5, 5.41) is 3.00. The first kappa shape index (κ1) is 14.8. The maximum atomic E-state index is 12.7. The van der Waals surface area contributed by atoms with Crippen LogP contribution in [0.3, 0.4) is 0 Å². The Kier molecular flexibility index (Phi) is 4.04. The van der Waals surface area contributed by atoms with E-state index in [1.54, 1.807) is 7.05 Å². The number of nitrogens with one attached hydrogen (secondary N) is 1. The van der Waals surface area contributed by atoms with Gasteiger partial charge in [0.2, 0.25) is 0 Å². The standard InChI is InChI=1S/C14H18F3N3/c1-4-9(2)20-12-6-5-10(14(15,16)17)7-11(12)19-13(20)8-18-3/h5-7,9,18H,4,8H2,1-3H3. The molecule has 110 valence electrons. The molecule has 20 heavy (non-hydrogen) atoms. The van der Waals surface area contributed by atoms with Crippen LogP contribution in [0.1, 0.15) is 37.7 Å². The van der Waals surface area contributed by atoms with Crippen LogP contribution in [0.25, 0.3) is 11.0 Å². The van der Waals surface area contributed by atoms with E-state index in [2.05, 4.69) is 10.3 Å². The maximum Gasteiger partial charge on any atom is 0.416 e. The molecule has 0 fully saturated rings. The second-order valence-electron chi connectivity index (χ2n) is 4.89. The van der Waals surface area contributed by atoms with E-state index >= 15 is 0 Å². The van der Waals surface area contributed by atoms with E-state index in [-0.39, 0.29) is 6.04 Å². The highest BCUT2D eigenvalue weighted by atomic mass is 19.4. The predicted octanol–water partition coefficient (Wildman–Crippen LogP) is 3.75. The average Bonchev–Trinajstić information content (AvgIpc) is 2.74. The SMILES string of the molecule is CCC(C)n1c(CNC)nc2cc(C(F)(F)F)ccc21. The molecule has 0 spiro atoms. The molecule has 1 unspecified atom stereocenters. The minimum Gasteiger partial charge on any atom is -0.324 e. The van der Waals surface area contributed by atoms with Crippen molar-refractivity contribution in [3.05, 3.63) is 29.6 Å². The Morgan fingerprint density at radius 3 is 2.60 bits per heavy atom. The number of halogens is 3. The van der Waals surface area contributed by atoms with Gasteiger partial charge in [-0.1, -0.05) is 6.92 Å². The van der Waals surface area contributed by atoms with E-state index in [4.69, 9.17) is 0 Å². The topological polar surface area (TPSA) is 29.9 Å². The first-order valence-electron chi connectivity index (χ1n) is 6.61. The molecule has 1 heterocycles. The molecule has 1 aromatic carbocycles. The Hall–Kier alpha value is -1.56. The van der Waals surface area contributed by atoms with Gasteiger partial charge in [0.15, 0.2) is 0 Å². The fourth-order valence-corrected chi connectivity index (χ4v) is 2.28. The van der Waals surface area contributed by atoms with Gasteiger partial charge in [-0.05, 0) is 38.6 Å². The van der Waals surface area contributed by atoms with Crippen molar-refractivity contribution < 1.29 is 13.2 Å². The van der Waals surface area contributed by atoms with E-state index in [1.807, 2.05) is 18.4 Å². The Bertz CT molecular complexity index is 601. The van der Waals surface area contributed by atoms with Crippen molar-refractivity contribution in [2.24, 2.45) is 0 Å². The summed E-state index contributed by atoms with van der Waals surface area (Å²) in [6.07, 6.45) is -3.44. The van der Waals surface area contributed by atoms with Gasteiger partial charge in [-0.25, -0.2) is 4.98 Å². The summed E-state index contributed by atoms with van der Waals surface area (Å²) in [5.74, 6) is 0.760. The molecule has 1 N–H and O–H groups in total. The molecule has 0 aliphatic heterocycles. The molecule has 1 aromatic heterocycles. The summed E-state index contributed by atoms with van der Waals surface area (Å²) in [6.45, 7) is 4.61. The van der Waals surface area contributed by atoms with Gasteiger partial charge in [0.1, 0.15) is 5.82 Å². The van der Waals surface area contributed by atoms with Crippen molar-refractivity contribution in [2.45, 2.75) is 39.0 Å². The Morgan fingerprint density at radius 2 is 2.05 bits per heavy atom. The Labute approximate surface area is 115 Å². The van der Waals surface area contributed by atoms with Crippen LogP contribution >= 0.6 is 0 Å². The van der Waals surface area contributed by atoms with Crippen LogP contribution in [-0.2, 0) is 12.7 Å². The highest BCUT2D eigenvalue weighted by Crippen LogP contribution is 2.32. The van der Waals surface area contributed by atoms with Crippen molar-refractivity contribution in [1.82, 2.24) is 14.9 Å². The van der Waals surface area contributed by atoms with Gasteiger partial charge in [0, 0.05) is 6.04 Å². The van der Waals surface area contributed by atoms with Gasteiger partial charge in [0.25, 0.3) is 0 Å². The molecule has 0 bridgehead atoms. The van der Waals surface area contributed by atoms with E-state index in [9.17, 15) is 13.2 Å². The minimum atomic E-state index is -4.34. The fourth-order valence-electron chi connectivity index (χ4n) is 2.28. The number of benzene rings is 1. The summed E-state index contributed by atoms with van der Waals surface area (Å²) < 4.78 is 40.3. The first-order chi connectivity index (χ1) is 9.38. The largest absolute Gasteiger partial charge is 0.416 e. The molecule has 0 amide bonds. The van der Waals surface area contributed by atoms with Crippen molar-refractivity contribution in [3.8, 4) is 0 Å². The van der Waals surface area contributed by atoms with Crippen LogP contribution < -0.4 is 5.32 Å². The number of hydrogen-bond acceptors (Lipinski definition) is 2. The maximum absolute atomic E-state index is 12.7. The van der Waals surface area contributed by atoms with Gasteiger partial charge in [-0.3, -0.25) is 0 Å². The van der Waals surface area contributed by atoms with Crippen LogP contribution in [0.4, 0.5) is 13.2 Å². The summed E-state index contributed by atoms with van der Waals surface area (Å²) in [4.78, 5) is 4.35. The normalized spacial score (nSPS) is 13.9. The third-order valence-electron chi connectivity index (χ3n) is 3.46. The van der Waals surface area contributed by atoms with Crippen LogP contribution in [-0.4, -0.2) is 16.6 Å². The summed E-state index contributed by atoms with van der Waals surface area (Å²) >= 11 is 0. The van der Waals surface area contributed by atoms with Crippen molar-refractivity contribution >= 4 is 11.0 Å². The summed E-state index contributed by atoms with van der Waals surface area (Å²) in [5.41, 5.74) is 0.484. The number of aromatic nitrogens is 2. The lowest BCUT2D eigenvalue weighted by molar-refractivity contribution is -0.137. The zero-order chi connectivity index (χ0) is 14.9. The number of hydrogen-bond donors (Lipinski definition) is 1. The third-order valence-corrected chi connectivity index (χ3v) is 3.46.